The van der Waals surface area contributed by atoms with Crippen molar-refractivity contribution in [3.05, 3.63) is 35.9 Å². The molecule has 1 rings (SSSR count). The first-order valence-electron chi connectivity index (χ1n) is 9.75. The maximum Gasteiger partial charge on any atom is 0.325 e. The molecule has 0 aliphatic heterocycles. The number of benzene rings is 1. The number of aliphatic carboxylic acids is 2. The zero-order valence-corrected chi connectivity index (χ0v) is 17.6. The van der Waals surface area contributed by atoms with Gasteiger partial charge in [0.15, 0.2) is 0 Å². The second-order valence-corrected chi connectivity index (χ2v) is 7.25. The highest BCUT2D eigenvalue weighted by molar-refractivity contribution is 5.95. The second kappa shape index (κ2) is 12.4. The molecule has 0 saturated carbocycles. The van der Waals surface area contributed by atoms with Crippen LogP contribution in [0.4, 0.5) is 0 Å². The van der Waals surface area contributed by atoms with E-state index in [2.05, 4.69) is 16.0 Å². The molecule has 0 radical (unpaired) electrons. The predicted molar refractivity (Wildman–Crippen MR) is 111 cm³/mol. The average Bonchev–Trinajstić information content (AvgIpc) is 2.71. The van der Waals surface area contributed by atoms with Gasteiger partial charge in [-0.15, -0.1) is 0 Å². The van der Waals surface area contributed by atoms with Crippen molar-refractivity contribution in [1.82, 2.24) is 16.0 Å². The maximum atomic E-state index is 12.6. The van der Waals surface area contributed by atoms with Gasteiger partial charge >= 0.3 is 11.9 Å². The lowest BCUT2D eigenvalue weighted by Crippen LogP contribution is -2.60. The fourth-order valence-electron chi connectivity index (χ4n) is 2.65. The van der Waals surface area contributed by atoms with Crippen LogP contribution in [-0.4, -0.2) is 75.3 Å². The number of hydrogen-bond acceptors (Lipinski definition) is 7. The summed E-state index contributed by atoms with van der Waals surface area (Å²) in [6, 6.07) is 3.24. The van der Waals surface area contributed by atoms with Crippen LogP contribution in [0.2, 0.25) is 0 Å². The molecule has 0 aliphatic rings. The fraction of sp³-hybridized carbons (Fsp3) is 0.450. The van der Waals surface area contributed by atoms with Crippen molar-refractivity contribution in [2.75, 3.05) is 0 Å². The first-order chi connectivity index (χ1) is 14.9. The molecule has 0 unspecified atom stereocenters. The minimum Gasteiger partial charge on any atom is -0.481 e. The van der Waals surface area contributed by atoms with E-state index in [-0.39, 0.29) is 6.42 Å². The number of nitrogens with two attached hydrogens (primary N) is 1. The number of carbonyl (C=O) groups excluding carboxylic acids is 3. The summed E-state index contributed by atoms with van der Waals surface area (Å²) in [5, 5.41) is 34.3. The summed E-state index contributed by atoms with van der Waals surface area (Å²) in [6.07, 6.45) is -2.11. The molecule has 3 amide bonds. The minimum absolute atomic E-state index is 0.139. The summed E-state index contributed by atoms with van der Waals surface area (Å²) in [5.74, 6) is -5.58. The second-order valence-electron chi connectivity index (χ2n) is 7.25. The summed E-state index contributed by atoms with van der Waals surface area (Å²) in [5.41, 5.74) is 6.62. The van der Waals surface area contributed by atoms with Gasteiger partial charge in [-0.1, -0.05) is 30.3 Å². The third kappa shape index (κ3) is 8.70. The van der Waals surface area contributed by atoms with Crippen LogP contribution < -0.4 is 21.7 Å². The Labute approximate surface area is 184 Å². The van der Waals surface area contributed by atoms with Crippen molar-refractivity contribution < 1.29 is 39.3 Å². The molecule has 0 saturated heterocycles. The van der Waals surface area contributed by atoms with Crippen LogP contribution in [0.3, 0.4) is 0 Å². The summed E-state index contributed by atoms with van der Waals surface area (Å²) in [7, 11) is 0. The van der Waals surface area contributed by atoms with Crippen molar-refractivity contribution in [1.29, 1.82) is 0 Å². The molecule has 32 heavy (non-hydrogen) atoms. The number of hydrogen-bond donors (Lipinski definition) is 7. The number of amides is 3. The SMILES string of the molecule is C[C@H](NC(=O)[C@@H](NC(=O)[C@H](CC(=O)O)NC(=O)[C@@H](N)Cc1ccccc1)[C@@H](C)O)C(=O)O. The number of carbonyl (C=O) groups is 5. The van der Waals surface area contributed by atoms with Crippen LogP contribution in [-0.2, 0) is 30.4 Å². The van der Waals surface area contributed by atoms with E-state index in [0.717, 1.165) is 5.56 Å². The van der Waals surface area contributed by atoms with E-state index in [1.807, 2.05) is 0 Å². The van der Waals surface area contributed by atoms with E-state index in [0.29, 0.717) is 0 Å². The van der Waals surface area contributed by atoms with Crippen molar-refractivity contribution in [2.24, 2.45) is 5.73 Å². The van der Waals surface area contributed by atoms with Gasteiger partial charge in [-0.25, -0.2) is 0 Å². The zero-order valence-electron chi connectivity index (χ0n) is 17.6. The van der Waals surface area contributed by atoms with Gasteiger partial charge < -0.3 is 37.0 Å². The van der Waals surface area contributed by atoms with Crippen molar-refractivity contribution >= 4 is 29.7 Å². The Morgan fingerprint density at radius 1 is 0.906 bits per heavy atom. The highest BCUT2D eigenvalue weighted by Crippen LogP contribution is 2.04. The monoisotopic (exact) mass is 452 g/mol. The molecule has 1 aromatic carbocycles. The van der Waals surface area contributed by atoms with Gasteiger partial charge in [0.05, 0.1) is 18.6 Å². The molecule has 5 atom stereocenters. The minimum atomic E-state index is -1.59. The van der Waals surface area contributed by atoms with Gasteiger partial charge in [-0.3, -0.25) is 24.0 Å². The zero-order chi connectivity index (χ0) is 24.4. The van der Waals surface area contributed by atoms with Gasteiger partial charge in [0, 0.05) is 0 Å². The molecule has 0 fully saturated rings. The molecule has 8 N–H and O–H groups in total. The van der Waals surface area contributed by atoms with E-state index in [1.54, 1.807) is 30.3 Å². The molecule has 0 heterocycles. The topological polar surface area (TPSA) is 208 Å². The van der Waals surface area contributed by atoms with Gasteiger partial charge in [0.1, 0.15) is 18.1 Å². The van der Waals surface area contributed by atoms with E-state index < -0.39 is 66.4 Å². The Morgan fingerprint density at radius 3 is 2.00 bits per heavy atom. The van der Waals surface area contributed by atoms with E-state index in [9.17, 15) is 29.1 Å². The summed E-state index contributed by atoms with van der Waals surface area (Å²) < 4.78 is 0. The highest BCUT2D eigenvalue weighted by atomic mass is 16.4. The van der Waals surface area contributed by atoms with Gasteiger partial charge in [-0.2, -0.15) is 0 Å². The van der Waals surface area contributed by atoms with E-state index >= 15 is 0 Å². The first kappa shape index (κ1) is 26.5. The Bertz CT molecular complexity index is 830. The van der Waals surface area contributed by atoms with Crippen LogP contribution in [0, 0.1) is 0 Å². The number of carboxylic acids is 2. The molecule has 1 aromatic rings. The van der Waals surface area contributed by atoms with Crippen LogP contribution in [0.5, 0.6) is 0 Å². The number of aliphatic hydroxyl groups excluding tert-OH is 1. The summed E-state index contributed by atoms with van der Waals surface area (Å²) in [6.45, 7) is 2.36. The molecule has 12 nitrogen and oxygen atoms in total. The standard InChI is InChI=1S/C20H28N4O8/c1-10(20(31)32)22-19(30)16(11(2)25)24-18(29)14(9-15(26)27)23-17(28)13(21)8-12-6-4-3-5-7-12/h3-7,10-11,13-14,16,25H,8-9,21H2,1-2H3,(H,22,30)(H,23,28)(H,24,29)(H,26,27)(H,31,32)/t10-,11+,13-,14-,16-/m0/s1. The first-order valence-corrected chi connectivity index (χ1v) is 9.75. The average molecular weight is 452 g/mol. The lowest BCUT2D eigenvalue weighted by atomic mass is 10.0. The number of nitrogens with one attached hydrogen (secondary N) is 3. The van der Waals surface area contributed by atoms with Crippen LogP contribution in [0.25, 0.3) is 0 Å². The van der Waals surface area contributed by atoms with Crippen molar-refractivity contribution in [2.45, 2.75) is 57.0 Å². The third-order valence-electron chi connectivity index (χ3n) is 4.44. The highest BCUT2D eigenvalue weighted by Gasteiger charge is 2.32. The van der Waals surface area contributed by atoms with Gasteiger partial charge in [-0.05, 0) is 25.8 Å². The van der Waals surface area contributed by atoms with Gasteiger partial charge in [0.25, 0.3) is 0 Å². The van der Waals surface area contributed by atoms with Crippen LogP contribution in [0.15, 0.2) is 30.3 Å². The molecule has 12 heteroatoms. The van der Waals surface area contributed by atoms with Crippen molar-refractivity contribution in [3.63, 3.8) is 0 Å². The smallest absolute Gasteiger partial charge is 0.325 e. The number of carboxylic acid groups (broad SMARTS) is 2. The molecule has 0 spiro atoms. The normalized spacial score (nSPS) is 15.4. The molecule has 0 bridgehead atoms. The van der Waals surface area contributed by atoms with Gasteiger partial charge in [0.2, 0.25) is 17.7 Å². The lowest BCUT2D eigenvalue weighted by Gasteiger charge is -2.25. The summed E-state index contributed by atoms with van der Waals surface area (Å²) >= 11 is 0. The van der Waals surface area contributed by atoms with Crippen LogP contribution in [0.1, 0.15) is 25.8 Å². The van der Waals surface area contributed by atoms with E-state index in [4.69, 9.17) is 15.9 Å². The molecule has 0 aromatic heterocycles. The molecule has 176 valence electrons. The quantitative estimate of drug-likeness (QED) is 0.186. The number of aliphatic hydroxyl groups is 1. The predicted octanol–water partition coefficient (Wildman–Crippen LogP) is -2.03. The Kier molecular flexibility index (Phi) is 10.3. The molecular weight excluding hydrogens is 424 g/mol. The maximum absolute atomic E-state index is 12.6. The Hall–Kier alpha value is -3.51. The fourth-order valence-corrected chi connectivity index (χ4v) is 2.65. The van der Waals surface area contributed by atoms with E-state index in [1.165, 1.54) is 13.8 Å². The molecular formula is C20H28N4O8. The summed E-state index contributed by atoms with van der Waals surface area (Å²) in [4.78, 5) is 59.3. The van der Waals surface area contributed by atoms with Crippen LogP contribution >= 0.6 is 0 Å². The third-order valence-corrected chi connectivity index (χ3v) is 4.44. The Balaban J connectivity index is 2.88. The largest absolute Gasteiger partial charge is 0.481 e. The molecule has 0 aliphatic carbocycles. The number of rotatable bonds is 12. The van der Waals surface area contributed by atoms with Crippen molar-refractivity contribution in [3.8, 4) is 0 Å². The Morgan fingerprint density at radius 2 is 1.50 bits per heavy atom. The lowest BCUT2D eigenvalue weighted by molar-refractivity contribution is -0.143.